The second-order valence-electron chi connectivity index (χ2n) is 14.9. The van der Waals surface area contributed by atoms with Crippen LogP contribution < -0.4 is 0 Å². The molecule has 0 fully saturated rings. The molecular weight excluding hydrogens is 823 g/mol. The molecular formula is C48H48Br2N2Ni. The van der Waals surface area contributed by atoms with Crippen LogP contribution in [0.25, 0.3) is 10.8 Å². The fraction of sp³-hybridized carbons (Fsp3) is 0.250. The van der Waals surface area contributed by atoms with Gasteiger partial charge in [-0.05, 0) is 117 Å². The summed E-state index contributed by atoms with van der Waals surface area (Å²) < 4.78 is 0. The molecule has 0 aromatic heterocycles. The van der Waals surface area contributed by atoms with Gasteiger partial charge in [0.25, 0.3) is 0 Å². The number of rotatable bonds is 6. The van der Waals surface area contributed by atoms with Crippen molar-refractivity contribution >= 4 is 62.0 Å². The zero-order valence-corrected chi connectivity index (χ0v) is 36.5. The number of halogens is 2. The monoisotopic (exact) mass is 868 g/mol. The molecule has 1 aliphatic carbocycles. The fourth-order valence-corrected chi connectivity index (χ4v) is 8.76. The Hall–Kier alpha value is -3.63. The first-order chi connectivity index (χ1) is 25.3. The van der Waals surface area contributed by atoms with E-state index in [1.807, 2.05) is 0 Å². The Labute approximate surface area is 336 Å². The van der Waals surface area contributed by atoms with Crippen molar-refractivity contribution in [1.29, 1.82) is 0 Å². The molecule has 5 heteroatoms. The number of benzene rings is 6. The molecule has 0 bridgehead atoms. The van der Waals surface area contributed by atoms with Crippen molar-refractivity contribution in [1.82, 2.24) is 0 Å². The summed E-state index contributed by atoms with van der Waals surface area (Å²) in [7, 11) is 1.25. The van der Waals surface area contributed by atoms with E-state index in [-0.39, 0.29) is 11.8 Å². The van der Waals surface area contributed by atoms with Gasteiger partial charge in [0.2, 0.25) is 0 Å². The molecule has 0 unspecified atom stereocenters. The molecule has 2 nitrogen and oxygen atoms in total. The summed E-state index contributed by atoms with van der Waals surface area (Å²) in [5.41, 5.74) is 21.8. The molecule has 53 heavy (non-hydrogen) atoms. The summed E-state index contributed by atoms with van der Waals surface area (Å²) in [5, 5.41) is 2.44. The Morgan fingerprint density at radius 3 is 1.19 bits per heavy atom. The van der Waals surface area contributed by atoms with Gasteiger partial charge in [0.05, 0.1) is 22.8 Å². The molecule has 6 aromatic rings. The number of hydrogen-bond acceptors (Lipinski definition) is 2. The van der Waals surface area contributed by atoms with Gasteiger partial charge in [-0.25, -0.2) is 9.98 Å². The van der Waals surface area contributed by atoms with Crippen molar-refractivity contribution in [2.45, 2.75) is 81.1 Å². The van der Waals surface area contributed by atoms with Gasteiger partial charge in [-0.15, -0.1) is 0 Å². The van der Waals surface area contributed by atoms with Gasteiger partial charge in [0.15, 0.2) is 0 Å². The van der Waals surface area contributed by atoms with E-state index in [1.165, 1.54) is 88.4 Å². The minimum atomic E-state index is 0.181. The number of aliphatic imine (C=N–C) groups is 2. The summed E-state index contributed by atoms with van der Waals surface area (Å²) in [6, 6.07) is 35.8. The molecule has 0 spiro atoms. The summed E-state index contributed by atoms with van der Waals surface area (Å²) in [5.74, 6) is 0.362. The number of nitrogens with zero attached hydrogens (tertiary/aromatic N) is 2. The third kappa shape index (κ3) is 7.95. The Morgan fingerprint density at radius 1 is 0.472 bits per heavy atom. The molecule has 0 saturated carbocycles. The molecule has 0 radical (unpaired) electrons. The van der Waals surface area contributed by atoms with Crippen molar-refractivity contribution in [3.63, 3.8) is 0 Å². The van der Waals surface area contributed by atoms with Crippen LogP contribution in [0.5, 0.6) is 0 Å². The second kappa shape index (κ2) is 16.4. The predicted molar refractivity (Wildman–Crippen MR) is 233 cm³/mol. The summed E-state index contributed by atoms with van der Waals surface area (Å²) in [6.07, 6.45) is 0. The molecule has 0 heterocycles. The molecule has 0 aliphatic heterocycles. The third-order valence-corrected chi connectivity index (χ3v) is 10.7. The molecule has 0 saturated heterocycles. The number of hydrogen-bond donors (Lipinski definition) is 0. The average Bonchev–Trinajstić information content (AvgIpc) is 3.38. The first-order valence-electron chi connectivity index (χ1n) is 18.2. The van der Waals surface area contributed by atoms with Crippen molar-refractivity contribution in [2.24, 2.45) is 9.98 Å². The molecule has 6 aromatic carbocycles. The fourth-order valence-electron chi connectivity index (χ4n) is 8.76. The molecule has 2 atom stereocenters. The Balaban J connectivity index is 0.00000155. The van der Waals surface area contributed by atoms with Gasteiger partial charge in [-0.1, -0.05) is 121 Å². The number of aryl methyl sites for hydroxylation is 8. The van der Waals surface area contributed by atoms with E-state index in [4.69, 9.17) is 9.98 Å². The standard InChI is InChI=1S/C48H48N2.2BrH.Ni/c1-27-17-19-42(40(25-27)35(9)44-31(5)21-29(3)22-32(44)6)49-47-38-15-11-13-37-14-12-16-39(46(37)38)48(47)50-43-20-18-28(2)26-41(43)36(10)45-33(7)23-30(4)24-34(45)8;;;/h11-26,35-36H,1-10H3;2*1H;/q;;;+2/p-2/t35-,36-;;;/m1.../s1. The molecule has 0 N–H and O–H groups in total. The Kier molecular flexibility index (Phi) is 12.1. The van der Waals surface area contributed by atoms with Crippen LogP contribution in [0.15, 0.2) is 107 Å². The van der Waals surface area contributed by atoms with E-state index in [2.05, 4.69) is 195 Å². The molecule has 7 rings (SSSR count). The van der Waals surface area contributed by atoms with Crippen molar-refractivity contribution < 1.29 is 10.9 Å². The topological polar surface area (TPSA) is 24.7 Å². The maximum atomic E-state index is 5.61. The van der Waals surface area contributed by atoms with Gasteiger partial charge in [-0.3, -0.25) is 0 Å². The van der Waals surface area contributed by atoms with Crippen molar-refractivity contribution in [3.05, 3.63) is 175 Å². The van der Waals surface area contributed by atoms with Gasteiger partial charge in [0.1, 0.15) is 0 Å². The van der Waals surface area contributed by atoms with Gasteiger partial charge in [0, 0.05) is 28.3 Å². The quantitative estimate of drug-likeness (QED) is 0.149. The Bertz CT molecular complexity index is 2210. The van der Waals surface area contributed by atoms with Crippen LogP contribution in [-0.4, -0.2) is 11.4 Å². The van der Waals surface area contributed by atoms with Crippen LogP contribution in [0.1, 0.15) is 104 Å². The van der Waals surface area contributed by atoms with Crippen LogP contribution in [0.2, 0.25) is 0 Å². The van der Waals surface area contributed by atoms with Gasteiger partial charge < -0.3 is 0 Å². The molecule has 274 valence electrons. The van der Waals surface area contributed by atoms with E-state index in [9.17, 15) is 0 Å². The van der Waals surface area contributed by atoms with Crippen LogP contribution in [-0.2, 0) is 10.9 Å². The van der Waals surface area contributed by atoms with Gasteiger partial charge in [-0.2, -0.15) is 0 Å². The zero-order chi connectivity index (χ0) is 38.1. The van der Waals surface area contributed by atoms with E-state index in [1.54, 1.807) is 0 Å². The zero-order valence-electron chi connectivity index (χ0n) is 32.4. The van der Waals surface area contributed by atoms with Crippen LogP contribution in [0.3, 0.4) is 0 Å². The summed E-state index contributed by atoms with van der Waals surface area (Å²) in [6.45, 7) is 22.4. The SMILES string of the molecule is Cc1cc(C)c([C@H](C)c2cc(C)ccc2N=C2C(=Nc3ccc(C)cc3[C@@H](C)c3c(C)cc(C)cc3C)c3cccc4cccc2c34)c(C)c1.[Br][Ni][Br]. The van der Waals surface area contributed by atoms with E-state index < -0.39 is 0 Å². The second-order valence-corrected chi connectivity index (χ2v) is 19.9. The van der Waals surface area contributed by atoms with E-state index in [0.29, 0.717) is 0 Å². The van der Waals surface area contributed by atoms with Crippen molar-refractivity contribution in [2.75, 3.05) is 0 Å². The molecule has 0 amide bonds. The minimum absolute atomic E-state index is 0.181. The van der Waals surface area contributed by atoms with Crippen LogP contribution in [0.4, 0.5) is 11.4 Å². The first-order valence-corrected chi connectivity index (χ1v) is 23.1. The first kappa shape index (κ1) is 39.1. The Morgan fingerprint density at radius 2 is 0.830 bits per heavy atom. The van der Waals surface area contributed by atoms with Crippen molar-refractivity contribution in [3.8, 4) is 0 Å². The molecule has 1 aliphatic rings. The van der Waals surface area contributed by atoms with E-state index in [0.717, 1.165) is 33.9 Å². The summed E-state index contributed by atoms with van der Waals surface area (Å²) >= 11 is 6.00. The maximum absolute atomic E-state index is 5.61. The summed E-state index contributed by atoms with van der Waals surface area (Å²) in [4.78, 5) is 11.2. The third-order valence-electron chi connectivity index (χ3n) is 10.7. The van der Waals surface area contributed by atoms with E-state index >= 15 is 0 Å². The normalized spacial score (nSPS) is 14.9. The van der Waals surface area contributed by atoms with Gasteiger partial charge >= 0.3 is 39.3 Å². The van der Waals surface area contributed by atoms with Crippen LogP contribution >= 0.6 is 28.5 Å². The predicted octanol–water partition coefficient (Wildman–Crippen LogP) is 14.6. The average molecular weight is 871 g/mol. The van der Waals surface area contributed by atoms with Crippen LogP contribution in [0, 0.1) is 55.4 Å².